The Balaban J connectivity index is 2.89. The summed E-state index contributed by atoms with van der Waals surface area (Å²) < 4.78 is 19.2. The molecule has 0 radical (unpaired) electrons. The molecule has 2 aliphatic heterocycles. The molecule has 0 aliphatic carbocycles. The number of rotatable bonds is 5. The summed E-state index contributed by atoms with van der Waals surface area (Å²) >= 11 is 0. The van der Waals surface area contributed by atoms with Crippen molar-refractivity contribution < 1.29 is 48.3 Å². The minimum atomic E-state index is -2.67. The topological polar surface area (TPSA) is 152 Å². The van der Waals surface area contributed by atoms with E-state index in [1.54, 1.807) is 0 Å². The van der Waals surface area contributed by atoms with E-state index in [1.165, 1.54) is 0 Å². The standard InChI is InChI=1S/C16H20N2O10/c1-17-11(19)7(9(25-3)15(17,23)13(21)27-5)8-10(26-4)16(24,14(22)28-6)18(2)12(8)20/h23-24H,1-6H3. The van der Waals surface area contributed by atoms with Gasteiger partial charge in [-0.05, 0) is 0 Å². The number of carbonyl (C=O) groups is 4. The van der Waals surface area contributed by atoms with E-state index in [2.05, 4.69) is 9.47 Å². The summed E-state index contributed by atoms with van der Waals surface area (Å²) in [5.74, 6) is -5.79. The average Bonchev–Trinajstić information content (AvgIpc) is 3.01. The monoisotopic (exact) mass is 400 g/mol. The van der Waals surface area contributed by atoms with Crippen molar-refractivity contribution in [2.24, 2.45) is 0 Å². The fourth-order valence-electron chi connectivity index (χ4n) is 3.15. The predicted octanol–water partition coefficient (Wildman–Crippen LogP) is -2.55. The largest absolute Gasteiger partial charge is 0.494 e. The van der Waals surface area contributed by atoms with Crippen molar-refractivity contribution in [3.63, 3.8) is 0 Å². The second kappa shape index (κ2) is 6.80. The zero-order chi connectivity index (χ0) is 21.6. The van der Waals surface area contributed by atoms with Gasteiger partial charge in [0, 0.05) is 14.1 Å². The van der Waals surface area contributed by atoms with Gasteiger partial charge in [-0.1, -0.05) is 0 Å². The molecule has 2 N–H and O–H groups in total. The zero-order valence-electron chi connectivity index (χ0n) is 16.1. The molecule has 0 saturated carbocycles. The lowest BCUT2D eigenvalue weighted by Gasteiger charge is -2.28. The van der Waals surface area contributed by atoms with Crippen LogP contribution in [0, 0.1) is 0 Å². The van der Waals surface area contributed by atoms with Crippen LogP contribution in [0.15, 0.2) is 22.7 Å². The van der Waals surface area contributed by atoms with Gasteiger partial charge < -0.3 is 29.2 Å². The van der Waals surface area contributed by atoms with Crippen LogP contribution in [-0.4, -0.2) is 97.8 Å². The van der Waals surface area contributed by atoms with Crippen LogP contribution < -0.4 is 0 Å². The maximum Gasteiger partial charge on any atom is 0.368 e. The van der Waals surface area contributed by atoms with Gasteiger partial charge in [-0.15, -0.1) is 0 Å². The molecular weight excluding hydrogens is 380 g/mol. The van der Waals surface area contributed by atoms with Crippen LogP contribution >= 0.6 is 0 Å². The van der Waals surface area contributed by atoms with Gasteiger partial charge >= 0.3 is 23.4 Å². The normalized spacial score (nSPS) is 27.6. The second-order valence-corrected chi connectivity index (χ2v) is 5.87. The van der Waals surface area contributed by atoms with E-state index in [1.807, 2.05) is 0 Å². The van der Waals surface area contributed by atoms with Gasteiger partial charge in [0.1, 0.15) is 0 Å². The van der Waals surface area contributed by atoms with Gasteiger partial charge in [0.25, 0.3) is 11.8 Å². The van der Waals surface area contributed by atoms with Crippen molar-refractivity contribution in [1.82, 2.24) is 9.80 Å². The van der Waals surface area contributed by atoms with Crippen molar-refractivity contribution >= 4 is 23.8 Å². The number of nitrogens with zero attached hydrogens (tertiary/aromatic N) is 2. The van der Waals surface area contributed by atoms with Gasteiger partial charge in [-0.2, -0.15) is 0 Å². The SMILES string of the molecule is COC(=O)C1(O)C(OC)=C(C2=C(OC)C(O)(C(=O)OC)N(C)C2=O)C(=O)N1C. The lowest BCUT2D eigenvalue weighted by Crippen LogP contribution is -2.53. The molecule has 2 rings (SSSR count). The number of aliphatic hydroxyl groups is 2. The lowest BCUT2D eigenvalue weighted by molar-refractivity contribution is -0.181. The molecule has 0 bridgehead atoms. The number of hydrogen-bond acceptors (Lipinski definition) is 10. The molecular formula is C16H20N2O10. The first-order valence-electron chi connectivity index (χ1n) is 7.75. The Morgan fingerprint density at radius 3 is 1.25 bits per heavy atom. The molecule has 2 unspecified atom stereocenters. The molecule has 12 heteroatoms. The van der Waals surface area contributed by atoms with Crippen LogP contribution in [-0.2, 0) is 38.1 Å². The Morgan fingerprint density at radius 1 is 0.750 bits per heavy atom. The average molecular weight is 400 g/mol. The summed E-state index contributed by atoms with van der Waals surface area (Å²) in [5, 5.41) is 21.6. The highest BCUT2D eigenvalue weighted by Crippen LogP contribution is 2.44. The summed E-state index contributed by atoms with van der Waals surface area (Å²) in [5.41, 5.74) is -6.50. The van der Waals surface area contributed by atoms with E-state index >= 15 is 0 Å². The van der Waals surface area contributed by atoms with Crippen molar-refractivity contribution in [1.29, 1.82) is 0 Å². The van der Waals surface area contributed by atoms with Crippen LogP contribution in [0.25, 0.3) is 0 Å². The van der Waals surface area contributed by atoms with Crippen molar-refractivity contribution in [3.8, 4) is 0 Å². The number of amides is 2. The smallest absolute Gasteiger partial charge is 0.368 e. The summed E-state index contributed by atoms with van der Waals surface area (Å²) in [6.45, 7) is 0. The molecule has 2 heterocycles. The molecule has 0 spiro atoms. The third-order valence-electron chi connectivity index (χ3n) is 4.69. The minimum absolute atomic E-state index is 0.577. The first kappa shape index (κ1) is 21.2. The summed E-state index contributed by atoms with van der Waals surface area (Å²) in [6, 6.07) is 0. The van der Waals surface area contributed by atoms with Crippen LogP contribution in [0.4, 0.5) is 0 Å². The van der Waals surface area contributed by atoms with E-state index in [0.717, 1.165) is 42.5 Å². The Bertz CT molecular complexity index is 763. The molecule has 0 aromatic heterocycles. The summed E-state index contributed by atoms with van der Waals surface area (Å²) in [6.07, 6.45) is 0. The molecule has 12 nitrogen and oxygen atoms in total. The van der Waals surface area contributed by atoms with E-state index in [0.29, 0.717) is 9.80 Å². The molecule has 2 atom stereocenters. The Morgan fingerprint density at radius 2 is 1.04 bits per heavy atom. The fourth-order valence-corrected chi connectivity index (χ4v) is 3.15. The van der Waals surface area contributed by atoms with Gasteiger partial charge in [0.05, 0.1) is 39.6 Å². The van der Waals surface area contributed by atoms with Crippen molar-refractivity contribution in [3.05, 3.63) is 22.7 Å². The van der Waals surface area contributed by atoms with Crippen LogP contribution in [0.2, 0.25) is 0 Å². The maximum atomic E-state index is 12.8. The van der Waals surface area contributed by atoms with Crippen LogP contribution in [0.1, 0.15) is 0 Å². The molecule has 0 saturated heterocycles. The molecule has 28 heavy (non-hydrogen) atoms. The zero-order valence-corrected chi connectivity index (χ0v) is 16.1. The van der Waals surface area contributed by atoms with E-state index in [9.17, 15) is 29.4 Å². The second-order valence-electron chi connectivity index (χ2n) is 5.87. The number of esters is 2. The third kappa shape index (κ3) is 2.31. The molecule has 0 aromatic carbocycles. The predicted molar refractivity (Wildman–Crippen MR) is 87.5 cm³/mol. The molecule has 2 amide bonds. The number of hydrogen-bond donors (Lipinski definition) is 2. The molecule has 154 valence electrons. The molecule has 0 aromatic rings. The van der Waals surface area contributed by atoms with E-state index in [4.69, 9.17) is 9.47 Å². The van der Waals surface area contributed by atoms with Crippen molar-refractivity contribution in [2.45, 2.75) is 11.4 Å². The van der Waals surface area contributed by atoms with Crippen molar-refractivity contribution in [2.75, 3.05) is 42.5 Å². The molecule has 0 fully saturated rings. The fraction of sp³-hybridized carbons (Fsp3) is 0.500. The number of carbonyl (C=O) groups excluding carboxylic acids is 4. The minimum Gasteiger partial charge on any atom is -0.494 e. The van der Waals surface area contributed by atoms with Gasteiger partial charge in [-0.3, -0.25) is 19.4 Å². The third-order valence-corrected chi connectivity index (χ3v) is 4.69. The summed E-state index contributed by atoms with van der Waals surface area (Å²) in [7, 11) is 6.22. The first-order chi connectivity index (χ1) is 13.0. The highest BCUT2D eigenvalue weighted by molar-refractivity contribution is 6.18. The Hall–Kier alpha value is -3.12. The first-order valence-corrected chi connectivity index (χ1v) is 7.75. The van der Waals surface area contributed by atoms with Gasteiger partial charge in [-0.25, -0.2) is 9.59 Å². The maximum absolute atomic E-state index is 12.8. The number of likely N-dealkylation sites (N-methyl/N-ethyl adjacent to an activating group) is 2. The van der Waals surface area contributed by atoms with Crippen LogP contribution in [0.3, 0.4) is 0 Å². The van der Waals surface area contributed by atoms with Gasteiger partial charge in [0.2, 0.25) is 0 Å². The number of methoxy groups -OCH3 is 4. The van der Waals surface area contributed by atoms with Gasteiger partial charge in [0.15, 0.2) is 11.5 Å². The number of ether oxygens (including phenoxy) is 4. The highest BCUT2D eigenvalue weighted by Gasteiger charge is 2.64. The molecule has 2 aliphatic rings. The highest BCUT2D eigenvalue weighted by atomic mass is 16.6. The lowest BCUT2D eigenvalue weighted by atomic mass is 10.0. The summed E-state index contributed by atoms with van der Waals surface area (Å²) in [4.78, 5) is 51.1. The Kier molecular flexibility index (Phi) is 5.14. The van der Waals surface area contributed by atoms with E-state index in [-0.39, 0.29) is 0 Å². The van der Waals surface area contributed by atoms with E-state index < -0.39 is 57.9 Å². The Labute approximate surface area is 159 Å². The van der Waals surface area contributed by atoms with Crippen LogP contribution in [0.5, 0.6) is 0 Å². The quantitative estimate of drug-likeness (QED) is 0.472.